The molecule has 0 atom stereocenters. The molecule has 6 nitrogen and oxygen atoms in total. The molecule has 1 rings (SSSR count). The zero-order valence-corrected chi connectivity index (χ0v) is 7.76. The summed E-state index contributed by atoms with van der Waals surface area (Å²) >= 11 is 0. The molecule has 72 valence electrons. The Kier molecular flexibility index (Phi) is 2.48. The number of hydrogen-bond donors (Lipinski definition) is 2. The zero-order chi connectivity index (χ0) is 10.1. The molecule has 0 radical (unpaired) electrons. The highest BCUT2D eigenvalue weighted by Gasteiger charge is 2.13. The lowest BCUT2D eigenvalue weighted by Crippen LogP contribution is -2.18. The fraction of sp³-hybridized carbons (Fsp3) is 0.333. The predicted octanol–water partition coefficient (Wildman–Crippen LogP) is -1.37. The van der Waals surface area contributed by atoms with Crippen LogP contribution in [0.5, 0.6) is 0 Å². The van der Waals surface area contributed by atoms with Gasteiger partial charge in [0.1, 0.15) is 5.03 Å². The van der Waals surface area contributed by atoms with Crippen LogP contribution in [0.15, 0.2) is 16.0 Å². The summed E-state index contributed by atoms with van der Waals surface area (Å²) in [7, 11) is -3.44. The summed E-state index contributed by atoms with van der Waals surface area (Å²) in [5.74, 6) is 0. The van der Waals surface area contributed by atoms with Crippen LogP contribution in [0.2, 0.25) is 0 Å². The molecule has 0 aliphatic heterocycles. The van der Waals surface area contributed by atoms with Crippen molar-refractivity contribution in [2.75, 3.05) is 6.26 Å². The Morgan fingerprint density at radius 2 is 2.23 bits per heavy atom. The Bertz CT molecular complexity index is 462. The second-order valence-electron chi connectivity index (χ2n) is 2.52. The smallest absolute Gasteiger partial charge is 0.326 e. The third-order valence-electron chi connectivity index (χ3n) is 1.44. The van der Waals surface area contributed by atoms with E-state index in [0.29, 0.717) is 5.56 Å². The first-order chi connectivity index (χ1) is 5.95. The minimum absolute atomic E-state index is 0.0200. The Hall–Kier alpha value is -1.21. The summed E-state index contributed by atoms with van der Waals surface area (Å²) in [6, 6.07) is 0. The van der Waals surface area contributed by atoms with Crippen molar-refractivity contribution in [1.29, 1.82) is 0 Å². The zero-order valence-electron chi connectivity index (χ0n) is 6.94. The van der Waals surface area contributed by atoms with Gasteiger partial charge in [-0.25, -0.2) is 18.2 Å². The predicted molar refractivity (Wildman–Crippen MR) is 45.9 cm³/mol. The van der Waals surface area contributed by atoms with Gasteiger partial charge < -0.3 is 5.73 Å². The number of hydrogen-bond acceptors (Lipinski definition) is 5. The minimum atomic E-state index is -3.44. The summed E-state index contributed by atoms with van der Waals surface area (Å²) in [6.07, 6.45) is 2.16. The number of nitrogens with one attached hydrogen (secondary N) is 1. The van der Waals surface area contributed by atoms with Gasteiger partial charge in [-0.2, -0.15) is 0 Å². The first-order valence-corrected chi connectivity index (χ1v) is 5.32. The second kappa shape index (κ2) is 3.27. The Labute approximate surface area is 74.7 Å². The lowest BCUT2D eigenvalue weighted by molar-refractivity contribution is 0.595. The molecule has 13 heavy (non-hydrogen) atoms. The number of H-pyrrole nitrogens is 1. The highest BCUT2D eigenvalue weighted by Crippen LogP contribution is 2.07. The molecule has 1 aromatic rings. The average Bonchev–Trinajstić information content (AvgIpc) is 2.03. The fourth-order valence-corrected chi connectivity index (χ4v) is 1.77. The van der Waals surface area contributed by atoms with Gasteiger partial charge in [0.2, 0.25) is 0 Å². The molecule has 0 saturated heterocycles. The molecule has 0 saturated carbocycles. The molecular weight excluding hydrogens is 194 g/mol. The van der Waals surface area contributed by atoms with E-state index in [-0.39, 0.29) is 11.6 Å². The number of nitrogens with zero attached hydrogens (tertiary/aromatic N) is 1. The minimum Gasteiger partial charge on any atom is -0.326 e. The lowest BCUT2D eigenvalue weighted by atomic mass is 10.3. The third kappa shape index (κ3) is 2.13. The highest BCUT2D eigenvalue weighted by molar-refractivity contribution is 7.90. The molecule has 0 spiro atoms. The molecule has 0 fully saturated rings. The topological polar surface area (TPSA) is 106 Å². The first kappa shape index (κ1) is 9.87. The van der Waals surface area contributed by atoms with Gasteiger partial charge in [-0.15, -0.1) is 0 Å². The number of sulfone groups is 1. The van der Waals surface area contributed by atoms with Crippen LogP contribution in [-0.2, 0) is 16.4 Å². The van der Waals surface area contributed by atoms with Gasteiger partial charge >= 0.3 is 5.69 Å². The van der Waals surface area contributed by atoms with Crippen molar-refractivity contribution in [1.82, 2.24) is 9.97 Å². The van der Waals surface area contributed by atoms with E-state index in [0.717, 1.165) is 12.5 Å². The second-order valence-corrected chi connectivity index (χ2v) is 4.47. The van der Waals surface area contributed by atoms with Crippen molar-refractivity contribution < 1.29 is 8.42 Å². The van der Waals surface area contributed by atoms with Crippen molar-refractivity contribution in [3.05, 3.63) is 22.2 Å². The van der Waals surface area contributed by atoms with Gasteiger partial charge in [-0.1, -0.05) is 0 Å². The van der Waals surface area contributed by atoms with Gasteiger partial charge in [0.25, 0.3) is 0 Å². The number of nitrogens with two attached hydrogens (primary N) is 1. The summed E-state index contributed by atoms with van der Waals surface area (Å²) in [6.45, 7) is 0.0200. The van der Waals surface area contributed by atoms with Gasteiger partial charge in [0, 0.05) is 24.6 Å². The molecular formula is C6H9N3O3S. The van der Waals surface area contributed by atoms with E-state index in [1.807, 2.05) is 0 Å². The largest absolute Gasteiger partial charge is 0.345 e. The standard InChI is InChI=1S/C6H9N3O3S/c1-13(11,12)5-4(2-7)3-8-6(10)9-5/h3H,2,7H2,1H3,(H,8,9,10). The molecule has 3 N–H and O–H groups in total. The van der Waals surface area contributed by atoms with Crippen LogP contribution in [0.3, 0.4) is 0 Å². The molecule has 0 amide bonds. The Morgan fingerprint density at radius 1 is 1.62 bits per heavy atom. The van der Waals surface area contributed by atoms with E-state index in [4.69, 9.17) is 5.73 Å². The molecule has 0 aromatic carbocycles. The lowest BCUT2D eigenvalue weighted by Gasteiger charge is -2.02. The summed E-state index contributed by atoms with van der Waals surface area (Å²) in [5, 5.41) is -0.157. The SMILES string of the molecule is CS(=O)(=O)c1[nH]c(=O)ncc1CN. The van der Waals surface area contributed by atoms with E-state index in [9.17, 15) is 13.2 Å². The van der Waals surface area contributed by atoms with Crippen molar-refractivity contribution in [3.8, 4) is 0 Å². The van der Waals surface area contributed by atoms with Crippen LogP contribution in [0.1, 0.15) is 5.56 Å². The number of aromatic nitrogens is 2. The number of aromatic amines is 1. The van der Waals surface area contributed by atoms with Gasteiger partial charge in [-0.3, -0.25) is 4.98 Å². The van der Waals surface area contributed by atoms with Gasteiger partial charge in [0.15, 0.2) is 9.84 Å². The number of rotatable bonds is 2. The van der Waals surface area contributed by atoms with Crippen LogP contribution >= 0.6 is 0 Å². The summed E-state index contributed by atoms with van der Waals surface area (Å²) in [5.41, 5.74) is 4.88. The third-order valence-corrected chi connectivity index (χ3v) is 2.55. The molecule has 0 bridgehead atoms. The van der Waals surface area contributed by atoms with Crippen molar-refractivity contribution in [3.63, 3.8) is 0 Å². The molecule has 0 aliphatic rings. The monoisotopic (exact) mass is 203 g/mol. The van der Waals surface area contributed by atoms with Crippen LogP contribution in [0.25, 0.3) is 0 Å². The van der Waals surface area contributed by atoms with E-state index >= 15 is 0 Å². The maximum Gasteiger partial charge on any atom is 0.345 e. The van der Waals surface area contributed by atoms with E-state index in [1.54, 1.807) is 0 Å². The summed E-state index contributed by atoms with van der Waals surface area (Å²) < 4.78 is 22.2. The van der Waals surface area contributed by atoms with Crippen LogP contribution in [-0.4, -0.2) is 24.6 Å². The van der Waals surface area contributed by atoms with Crippen molar-refractivity contribution in [2.24, 2.45) is 5.73 Å². The molecule has 7 heteroatoms. The average molecular weight is 203 g/mol. The molecule has 0 unspecified atom stereocenters. The highest BCUT2D eigenvalue weighted by atomic mass is 32.2. The normalized spacial score (nSPS) is 11.5. The Balaban J connectivity index is 3.51. The summed E-state index contributed by atoms with van der Waals surface area (Å²) in [4.78, 5) is 16.2. The van der Waals surface area contributed by atoms with E-state index in [1.165, 1.54) is 0 Å². The van der Waals surface area contributed by atoms with E-state index in [2.05, 4.69) is 9.97 Å². The quantitative estimate of drug-likeness (QED) is 0.577. The Morgan fingerprint density at radius 3 is 2.69 bits per heavy atom. The molecule has 0 aliphatic carbocycles. The van der Waals surface area contributed by atoms with Crippen molar-refractivity contribution >= 4 is 9.84 Å². The van der Waals surface area contributed by atoms with Crippen LogP contribution < -0.4 is 11.4 Å². The van der Waals surface area contributed by atoms with E-state index < -0.39 is 15.5 Å². The van der Waals surface area contributed by atoms with Gasteiger partial charge in [-0.05, 0) is 0 Å². The van der Waals surface area contributed by atoms with Crippen LogP contribution in [0.4, 0.5) is 0 Å². The maximum atomic E-state index is 11.1. The fourth-order valence-electron chi connectivity index (χ4n) is 0.881. The molecule has 1 heterocycles. The van der Waals surface area contributed by atoms with Crippen molar-refractivity contribution in [2.45, 2.75) is 11.6 Å². The van der Waals surface area contributed by atoms with Crippen LogP contribution in [0, 0.1) is 0 Å². The molecule has 1 aromatic heterocycles. The first-order valence-electron chi connectivity index (χ1n) is 3.43. The maximum absolute atomic E-state index is 11.1. The van der Waals surface area contributed by atoms with Gasteiger partial charge in [0.05, 0.1) is 0 Å².